The molecule has 4 aromatic rings. The molecule has 10 heteroatoms. The molecule has 0 saturated carbocycles. The highest BCUT2D eigenvalue weighted by atomic mass is 35.5. The Balaban J connectivity index is 0.00000400. The summed E-state index contributed by atoms with van der Waals surface area (Å²) in [5.41, 5.74) is 9.31. The number of amidine groups is 1. The van der Waals surface area contributed by atoms with Crippen LogP contribution in [0.1, 0.15) is 30.9 Å². The number of rotatable bonds is 10. The Labute approximate surface area is 226 Å². The van der Waals surface area contributed by atoms with E-state index in [4.69, 9.17) is 20.6 Å². The van der Waals surface area contributed by atoms with Crippen molar-refractivity contribution in [1.82, 2.24) is 9.97 Å². The van der Waals surface area contributed by atoms with Gasteiger partial charge in [0, 0.05) is 17.3 Å². The number of H-pyrrole nitrogens is 1. The molecule has 1 heterocycles. The molecule has 0 aliphatic rings. The monoisotopic (exact) mass is 535 g/mol. The maximum atomic E-state index is 13.2. The lowest BCUT2D eigenvalue weighted by atomic mass is 10.1. The van der Waals surface area contributed by atoms with Crippen molar-refractivity contribution < 1.29 is 19.1 Å². The molecule has 0 saturated heterocycles. The molecule has 1 amide bonds. The van der Waals surface area contributed by atoms with Crippen molar-refractivity contribution in [2.24, 2.45) is 5.73 Å². The van der Waals surface area contributed by atoms with Crippen LogP contribution in [0.15, 0.2) is 79.1 Å². The normalized spacial score (nSPS) is 11.3. The Kier molecular flexibility index (Phi) is 9.84. The van der Waals surface area contributed by atoms with E-state index >= 15 is 0 Å². The summed E-state index contributed by atoms with van der Waals surface area (Å²) in [7, 11) is 0. The Morgan fingerprint density at radius 2 is 1.79 bits per heavy atom. The van der Waals surface area contributed by atoms with Crippen LogP contribution in [0.25, 0.3) is 11.0 Å². The number of nitrogen functional groups attached to an aromatic ring is 1. The number of aromatic amines is 1. The average molecular weight is 536 g/mol. The van der Waals surface area contributed by atoms with Gasteiger partial charge in [-0.3, -0.25) is 10.3 Å². The molecule has 4 rings (SSSR count). The first kappa shape index (κ1) is 28.2. The molecular weight excluding hydrogens is 506 g/mol. The van der Waals surface area contributed by atoms with Crippen molar-refractivity contribution in [2.75, 3.05) is 11.5 Å². The number of ether oxygens (including phenoxy) is 2. The minimum absolute atomic E-state index is 0. The van der Waals surface area contributed by atoms with Crippen molar-refractivity contribution in [3.05, 3.63) is 90.3 Å². The first-order valence-corrected chi connectivity index (χ1v) is 12.0. The van der Waals surface area contributed by atoms with Gasteiger partial charge >= 0.3 is 12.1 Å². The number of unbranched alkanes of at least 4 members (excludes halogenated alkanes) is 1. The number of nitrogens with two attached hydrogens (primary N) is 1. The van der Waals surface area contributed by atoms with E-state index in [1.165, 1.54) is 4.90 Å². The third-order valence-corrected chi connectivity index (χ3v) is 5.93. The molecule has 38 heavy (non-hydrogen) atoms. The molecule has 1 atom stereocenters. The number of aryl methyl sites for hydroxylation is 1. The zero-order chi connectivity index (χ0) is 26.2. The van der Waals surface area contributed by atoms with Crippen LogP contribution in [-0.2, 0) is 16.0 Å². The molecule has 1 unspecified atom stereocenters. The Morgan fingerprint density at radius 1 is 1.05 bits per heavy atom. The molecule has 1 aromatic heterocycles. The molecule has 9 nitrogen and oxygen atoms in total. The molecule has 0 radical (unpaired) electrons. The number of hydrogen-bond donors (Lipinski definition) is 3. The van der Waals surface area contributed by atoms with Gasteiger partial charge in [0.2, 0.25) is 0 Å². The van der Waals surface area contributed by atoms with Gasteiger partial charge in [-0.2, -0.15) is 0 Å². The summed E-state index contributed by atoms with van der Waals surface area (Å²) in [6, 6.07) is 20.6. The Hall–Kier alpha value is -4.37. The van der Waals surface area contributed by atoms with Crippen LogP contribution in [0.3, 0.4) is 0 Å². The van der Waals surface area contributed by atoms with Gasteiger partial charge in [-0.15, -0.1) is 12.4 Å². The summed E-state index contributed by atoms with van der Waals surface area (Å²) in [6.07, 6.45) is 3.18. The molecule has 0 aliphatic carbocycles. The van der Waals surface area contributed by atoms with E-state index < -0.39 is 18.1 Å². The number of halogens is 1. The van der Waals surface area contributed by atoms with E-state index in [2.05, 4.69) is 9.97 Å². The quantitative estimate of drug-likeness (QED) is 0.110. The fraction of sp³-hybridized carbons (Fsp3) is 0.214. The Morgan fingerprint density at radius 3 is 2.50 bits per heavy atom. The zero-order valence-corrected chi connectivity index (χ0v) is 21.7. The van der Waals surface area contributed by atoms with Gasteiger partial charge in [-0.25, -0.2) is 14.6 Å². The third-order valence-electron chi connectivity index (χ3n) is 5.93. The molecular formula is C28H30ClN5O4. The lowest BCUT2D eigenvalue weighted by molar-refractivity contribution is -0.144. The first-order valence-electron chi connectivity index (χ1n) is 12.0. The number of fused-ring (bicyclic) bond motifs is 1. The number of nitrogens with one attached hydrogen (secondary N) is 2. The highest BCUT2D eigenvalue weighted by Gasteiger charge is 2.30. The summed E-state index contributed by atoms with van der Waals surface area (Å²) in [5, 5.41) is 7.46. The second kappa shape index (κ2) is 13.3. The lowest BCUT2D eigenvalue weighted by Gasteiger charge is -2.27. The maximum absolute atomic E-state index is 13.2. The van der Waals surface area contributed by atoms with Gasteiger partial charge in [0.05, 0.1) is 24.0 Å². The maximum Gasteiger partial charge on any atom is 0.420 e. The number of amides is 1. The molecule has 0 bridgehead atoms. The van der Waals surface area contributed by atoms with E-state index in [1.807, 2.05) is 30.3 Å². The molecule has 198 valence electrons. The predicted octanol–water partition coefficient (Wildman–Crippen LogP) is 5.23. The number of carbonyl (C=O) groups excluding carboxylic acids is 2. The van der Waals surface area contributed by atoms with Crippen LogP contribution in [0.5, 0.6) is 5.75 Å². The van der Waals surface area contributed by atoms with Gasteiger partial charge in [0.1, 0.15) is 17.6 Å². The smallest absolute Gasteiger partial charge is 0.420 e. The van der Waals surface area contributed by atoms with Crippen LogP contribution >= 0.6 is 12.4 Å². The van der Waals surface area contributed by atoms with Gasteiger partial charge in [0.15, 0.2) is 0 Å². The fourth-order valence-electron chi connectivity index (χ4n) is 3.88. The van der Waals surface area contributed by atoms with E-state index in [9.17, 15) is 9.59 Å². The van der Waals surface area contributed by atoms with Gasteiger partial charge < -0.3 is 20.2 Å². The van der Waals surface area contributed by atoms with Crippen LogP contribution in [0, 0.1) is 5.41 Å². The van der Waals surface area contributed by atoms with E-state index in [-0.39, 0.29) is 24.8 Å². The number of nitrogens with zero attached hydrogens (tertiary/aromatic N) is 2. The molecule has 4 N–H and O–H groups in total. The highest BCUT2D eigenvalue weighted by molar-refractivity contribution is 5.96. The molecule has 0 spiro atoms. The Bertz CT molecular complexity index is 1380. The van der Waals surface area contributed by atoms with Crippen LogP contribution in [0.2, 0.25) is 0 Å². The van der Waals surface area contributed by atoms with Gasteiger partial charge in [-0.05, 0) is 56.0 Å². The number of aromatic nitrogens is 2. The van der Waals surface area contributed by atoms with Crippen LogP contribution in [-0.4, -0.2) is 40.5 Å². The van der Waals surface area contributed by atoms with Crippen LogP contribution in [0.4, 0.5) is 10.5 Å². The molecule has 3 aromatic carbocycles. The predicted molar refractivity (Wildman–Crippen MR) is 149 cm³/mol. The molecule has 0 aliphatic heterocycles. The number of benzene rings is 3. The SMILES string of the molecule is CC(C(=O)OCCCCc1ccc(C(=N)N)cc1)N(C(=O)Oc1ccc2[nH]cnc2c1)c1ccccc1.Cl. The van der Waals surface area contributed by atoms with Crippen molar-refractivity contribution in [3.63, 3.8) is 0 Å². The fourth-order valence-corrected chi connectivity index (χ4v) is 3.88. The minimum atomic E-state index is -0.900. The van der Waals surface area contributed by atoms with Gasteiger partial charge in [0.25, 0.3) is 0 Å². The van der Waals surface area contributed by atoms with E-state index in [0.717, 1.165) is 23.9 Å². The lowest BCUT2D eigenvalue weighted by Crippen LogP contribution is -2.45. The zero-order valence-electron chi connectivity index (χ0n) is 20.9. The van der Waals surface area contributed by atoms with Gasteiger partial charge in [-0.1, -0.05) is 42.5 Å². The summed E-state index contributed by atoms with van der Waals surface area (Å²) < 4.78 is 11.1. The number of anilines is 1. The standard InChI is InChI=1S/C28H29N5O4.ClH/c1-19(27(34)36-16-6-5-7-20-10-12-21(13-11-20)26(29)30)33(22-8-3-2-4-9-22)28(35)37-23-14-15-24-25(17-23)32-18-31-24;/h2-4,8-15,17-19H,5-7,16H2,1H3,(H3,29,30)(H,31,32);1H. The summed E-state index contributed by atoms with van der Waals surface area (Å²) in [6.45, 7) is 1.85. The number of imidazole rings is 1. The van der Waals surface area contributed by atoms with Crippen molar-refractivity contribution in [3.8, 4) is 5.75 Å². The summed E-state index contributed by atoms with van der Waals surface area (Å²) in [4.78, 5) is 34.5. The summed E-state index contributed by atoms with van der Waals surface area (Å²) in [5.74, 6) is -0.156. The summed E-state index contributed by atoms with van der Waals surface area (Å²) >= 11 is 0. The number of carbonyl (C=O) groups is 2. The number of hydrogen-bond acceptors (Lipinski definition) is 6. The first-order chi connectivity index (χ1) is 17.9. The topological polar surface area (TPSA) is 134 Å². The van der Waals surface area contributed by atoms with E-state index in [0.29, 0.717) is 28.9 Å². The second-order valence-electron chi connectivity index (χ2n) is 8.57. The molecule has 0 fully saturated rings. The minimum Gasteiger partial charge on any atom is -0.464 e. The van der Waals surface area contributed by atoms with E-state index in [1.54, 1.807) is 55.7 Å². The third kappa shape index (κ3) is 7.10. The largest absolute Gasteiger partial charge is 0.464 e. The average Bonchev–Trinajstić information content (AvgIpc) is 3.37. The second-order valence-corrected chi connectivity index (χ2v) is 8.57. The van der Waals surface area contributed by atoms with Crippen molar-refractivity contribution in [1.29, 1.82) is 5.41 Å². The number of para-hydroxylation sites is 1. The van der Waals surface area contributed by atoms with Crippen molar-refractivity contribution in [2.45, 2.75) is 32.2 Å². The highest BCUT2D eigenvalue weighted by Crippen LogP contribution is 2.23. The van der Waals surface area contributed by atoms with Crippen molar-refractivity contribution >= 4 is 47.0 Å². The van der Waals surface area contributed by atoms with Crippen LogP contribution < -0.4 is 15.4 Å². The number of esters is 1.